The summed E-state index contributed by atoms with van der Waals surface area (Å²) in [5.41, 5.74) is 3.09. The van der Waals surface area contributed by atoms with Crippen LogP contribution in [0.2, 0.25) is 0 Å². The van der Waals surface area contributed by atoms with E-state index in [1.54, 1.807) is 6.20 Å². The fourth-order valence-corrected chi connectivity index (χ4v) is 4.53. The first-order chi connectivity index (χ1) is 16.4. The highest BCUT2D eigenvalue weighted by Gasteiger charge is 2.32. The first-order valence-electron chi connectivity index (χ1n) is 12.2. The van der Waals surface area contributed by atoms with Gasteiger partial charge in [0, 0.05) is 43.8 Å². The van der Waals surface area contributed by atoms with Crippen LogP contribution in [0.1, 0.15) is 50.0 Å². The summed E-state index contributed by atoms with van der Waals surface area (Å²) in [4.78, 5) is 35.1. The summed E-state index contributed by atoms with van der Waals surface area (Å²) in [6.45, 7) is 8.60. The van der Waals surface area contributed by atoms with Crippen LogP contribution in [0.4, 0.5) is 0 Å². The number of hydrogen-bond donors (Lipinski definition) is 1. The van der Waals surface area contributed by atoms with E-state index in [1.165, 1.54) is 0 Å². The van der Waals surface area contributed by atoms with Crippen molar-refractivity contribution in [3.05, 3.63) is 48.2 Å². The third-order valence-electron chi connectivity index (χ3n) is 6.81. The van der Waals surface area contributed by atoms with Gasteiger partial charge in [-0.1, -0.05) is 30.3 Å². The monoisotopic (exact) mass is 460 g/mol. The lowest BCUT2D eigenvalue weighted by molar-refractivity contribution is -0.126. The third-order valence-corrected chi connectivity index (χ3v) is 6.81. The molecule has 3 heterocycles. The lowest BCUT2D eigenvalue weighted by Crippen LogP contribution is -2.55. The van der Waals surface area contributed by atoms with E-state index in [2.05, 4.69) is 29.2 Å². The maximum atomic E-state index is 13.7. The number of nitrogens with zero attached hydrogens (tertiary/aromatic N) is 5. The molecule has 0 bridgehead atoms. The van der Waals surface area contributed by atoms with Crippen molar-refractivity contribution in [2.45, 2.75) is 51.7 Å². The van der Waals surface area contributed by atoms with E-state index in [4.69, 9.17) is 4.98 Å². The largest absolute Gasteiger partial charge is 0.352 e. The van der Waals surface area contributed by atoms with E-state index in [9.17, 15) is 9.59 Å². The number of pyridine rings is 1. The fourth-order valence-electron chi connectivity index (χ4n) is 4.53. The number of carbonyl (C=O) groups excluding carboxylic acids is 2. The Morgan fingerprint density at radius 3 is 2.38 bits per heavy atom. The number of hydrogen-bond acceptors (Lipinski definition) is 5. The minimum Gasteiger partial charge on any atom is -0.352 e. The second-order valence-corrected chi connectivity index (χ2v) is 9.63. The average molecular weight is 461 g/mol. The molecule has 2 fully saturated rings. The Morgan fingerprint density at radius 2 is 1.74 bits per heavy atom. The normalized spacial score (nSPS) is 17.8. The van der Waals surface area contributed by atoms with Gasteiger partial charge in [0.25, 0.3) is 5.91 Å². The summed E-state index contributed by atoms with van der Waals surface area (Å²) >= 11 is 0. The molecular formula is C26H32N6O2. The molecule has 0 spiro atoms. The van der Waals surface area contributed by atoms with Crippen molar-refractivity contribution in [2.75, 3.05) is 26.2 Å². The Morgan fingerprint density at radius 1 is 1.03 bits per heavy atom. The SMILES string of the molecule is CC(C(=O)NC1CC1)N1CCN(C(=O)c2cc(-c3ccccc3)nc3c2cnn3C(C)C)CC1. The molecule has 5 rings (SSSR count). The molecule has 3 aromatic rings. The van der Waals surface area contributed by atoms with Gasteiger partial charge in [0.05, 0.1) is 28.9 Å². The molecule has 1 aliphatic carbocycles. The molecule has 1 unspecified atom stereocenters. The number of piperazine rings is 1. The molecule has 2 aromatic heterocycles. The van der Waals surface area contributed by atoms with Crippen molar-refractivity contribution in [3.63, 3.8) is 0 Å². The quantitative estimate of drug-likeness (QED) is 0.611. The molecule has 178 valence electrons. The number of rotatable bonds is 6. The van der Waals surface area contributed by atoms with Gasteiger partial charge in [0.2, 0.25) is 5.91 Å². The average Bonchev–Trinajstić information content (AvgIpc) is 3.57. The molecule has 1 N–H and O–H groups in total. The summed E-state index contributed by atoms with van der Waals surface area (Å²) in [7, 11) is 0. The smallest absolute Gasteiger partial charge is 0.254 e. The van der Waals surface area contributed by atoms with Crippen LogP contribution in [0.15, 0.2) is 42.6 Å². The molecule has 1 aliphatic heterocycles. The van der Waals surface area contributed by atoms with Gasteiger partial charge in [-0.15, -0.1) is 0 Å². The number of fused-ring (bicyclic) bond motifs is 1. The van der Waals surface area contributed by atoms with Crippen molar-refractivity contribution in [1.82, 2.24) is 29.9 Å². The molecule has 2 amide bonds. The topological polar surface area (TPSA) is 83.4 Å². The van der Waals surface area contributed by atoms with Gasteiger partial charge in [-0.25, -0.2) is 9.67 Å². The molecule has 0 radical (unpaired) electrons. The first kappa shape index (κ1) is 22.5. The van der Waals surface area contributed by atoms with E-state index < -0.39 is 0 Å². The lowest BCUT2D eigenvalue weighted by Gasteiger charge is -2.37. The second-order valence-electron chi connectivity index (χ2n) is 9.63. The molecule has 1 atom stereocenters. The number of carbonyl (C=O) groups is 2. The zero-order valence-electron chi connectivity index (χ0n) is 20.1. The molecular weight excluding hydrogens is 428 g/mol. The van der Waals surface area contributed by atoms with Gasteiger partial charge in [0.1, 0.15) is 0 Å². The predicted octanol–water partition coefficient (Wildman–Crippen LogP) is 3.10. The van der Waals surface area contributed by atoms with Gasteiger partial charge < -0.3 is 10.2 Å². The molecule has 34 heavy (non-hydrogen) atoms. The van der Waals surface area contributed by atoms with Crippen molar-refractivity contribution < 1.29 is 9.59 Å². The summed E-state index contributed by atoms with van der Waals surface area (Å²) in [6.07, 6.45) is 3.92. The lowest BCUT2D eigenvalue weighted by atomic mass is 10.1. The predicted molar refractivity (Wildman–Crippen MR) is 131 cm³/mol. The second kappa shape index (κ2) is 9.18. The van der Waals surface area contributed by atoms with Crippen molar-refractivity contribution in [3.8, 4) is 11.3 Å². The fraction of sp³-hybridized carbons (Fsp3) is 0.462. The van der Waals surface area contributed by atoms with Crippen LogP contribution < -0.4 is 5.32 Å². The van der Waals surface area contributed by atoms with Crippen LogP contribution in [-0.2, 0) is 4.79 Å². The first-order valence-corrected chi connectivity index (χ1v) is 12.2. The van der Waals surface area contributed by atoms with Gasteiger partial charge in [-0.05, 0) is 39.7 Å². The molecule has 1 saturated carbocycles. The van der Waals surface area contributed by atoms with Gasteiger partial charge in [0.15, 0.2) is 5.65 Å². The Balaban J connectivity index is 1.39. The molecule has 8 nitrogen and oxygen atoms in total. The Hall–Kier alpha value is -3.26. The molecule has 8 heteroatoms. The summed E-state index contributed by atoms with van der Waals surface area (Å²) in [5.74, 6) is 0.0781. The van der Waals surface area contributed by atoms with Crippen LogP contribution in [-0.4, -0.2) is 74.6 Å². The molecule has 2 aliphatic rings. The minimum absolute atomic E-state index is 0.0115. The zero-order valence-corrected chi connectivity index (χ0v) is 20.1. The summed E-state index contributed by atoms with van der Waals surface area (Å²) in [5, 5.41) is 8.39. The van der Waals surface area contributed by atoms with E-state index in [-0.39, 0.29) is 23.9 Å². The highest BCUT2D eigenvalue weighted by atomic mass is 16.2. The molecule has 1 aromatic carbocycles. The molecule has 1 saturated heterocycles. The van der Waals surface area contributed by atoms with Crippen LogP contribution in [0.3, 0.4) is 0 Å². The Bertz CT molecular complexity index is 1190. The van der Waals surface area contributed by atoms with Crippen LogP contribution in [0.25, 0.3) is 22.3 Å². The standard InChI is InChI=1S/C26H32N6O2/c1-17(2)32-24-22(16-27-32)21(15-23(29-24)19-7-5-4-6-8-19)26(34)31-13-11-30(12-14-31)18(3)25(33)28-20-9-10-20/h4-8,15-18,20H,9-14H2,1-3H3,(H,28,33). The van der Waals surface area contributed by atoms with Crippen LogP contribution in [0.5, 0.6) is 0 Å². The highest BCUT2D eigenvalue weighted by molar-refractivity contribution is 6.06. The van der Waals surface area contributed by atoms with E-state index in [0.29, 0.717) is 37.8 Å². The number of aromatic nitrogens is 3. The van der Waals surface area contributed by atoms with Crippen molar-refractivity contribution >= 4 is 22.8 Å². The van der Waals surface area contributed by atoms with Crippen molar-refractivity contribution in [1.29, 1.82) is 0 Å². The van der Waals surface area contributed by atoms with E-state index in [1.807, 2.05) is 52.9 Å². The van der Waals surface area contributed by atoms with Crippen molar-refractivity contribution in [2.24, 2.45) is 0 Å². The third kappa shape index (κ3) is 4.42. The Kier molecular flexibility index (Phi) is 6.08. The zero-order chi connectivity index (χ0) is 23.8. The number of amides is 2. The van der Waals surface area contributed by atoms with Crippen LogP contribution >= 0.6 is 0 Å². The van der Waals surface area contributed by atoms with Gasteiger partial charge >= 0.3 is 0 Å². The number of benzene rings is 1. The van der Waals surface area contributed by atoms with Crippen LogP contribution in [0, 0.1) is 0 Å². The highest BCUT2D eigenvalue weighted by Crippen LogP contribution is 2.27. The Labute approximate surface area is 199 Å². The maximum Gasteiger partial charge on any atom is 0.254 e. The number of nitrogens with one attached hydrogen (secondary N) is 1. The maximum absolute atomic E-state index is 13.7. The van der Waals surface area contributed by atoms with E-state index in [0.717, 1.165) is 35.1 Å². The van der Waals surface area contributed by atoms with Gasteiger partial charge in [-0.3, -0.25) is 14.5 Å². The van der Waals surface area contributed by atoms with Gasteiger partial charge in [-0.2, -0.15) is 5.10 Å². The van der Waals surface area contributed by atoms with E-state index >= 15 is 0 Å². The summed E-state index contributed by atoms with van der Waals surface area (Å²) in [6, 6.07) is 12.1. The summed E-state index contributed by atoms with van der Waals surface area (Å²) < 4.78 is 1.87. The minimum atomic E-state index is -0.181.